The largest absolute Gasteiger partial charge is 1.00 e. The van der Waals surface area contributed by atoms with Crippen LogP contribution in [0.5, 0.6) is 0 Å². The van der Waals surface area contributed by atoms with Crippen molar-refractivity contribution in [1.29, 1.82) is 0 Å². The zero-order chi connectivity index (χ0) is 25.5. The predicted octanol–water partition coefficient (Wildman–Crippen LogP) is -1.85. The van der Waals surface area contributed by atoms with Crippen LogP contribution in [0.1, 0.15) is 0 Å². The van der Waals surface area contributed by atoms with E-state index in [-0.39, 0.29) is 68.9 Å². The Bertz CT molecular complexity index is 1630. The average molecular weight is 568 g/mol. The molecule has 182 valence electrons. The number of hydrogen-bond acceptors (Lipinski definition) is 10. The molecule has 0 N–H and O–H groups in total. The minimum Gasteiger partial charge on any atom is -0.744 e. The maximum absolute atomic E-state index is 11.1. The first-order valence-corrected chi connectivity index (χ1v) is 13.0. The molecule has 2 heterocycles. The Kier molecular flexibility index (Phi) is 9.58. The first kappa shape index (κ1) is 30.4. The van der Waals surface area contributed by atoms with Gasteiger partial charge >= 0.3 is 59.1 Å². The summed E-state index contributed by atoms with van der Waals surface area (Å²) in [4.78, 5) is 7.85. The van der Waals surface area contributed by atoms with Crippen LogP contribution in [0.25, 0.3) is 45.6 Å². The summed E-state index contributed by atoms with van der Waals surface area (Å²) in [6.45, 7) is 0. The Hall–Kier alpha value is -2.10. The monoisotopic (exact) mass is 568 g/mol. The summed E-state index contributed by atoms with van der Waals surface area (Å²) in [6, 6.07) is 17.7. The molecular formula is C24H14N2Na2O8S2. The van der Waals surface area contributed by atoms with Crippen molar-refractivity contribution in [3.8, 4) is 45.6 Å². The molecule has 14 heteroatoms. The van der Waals surface area contributed by atoms with E-state index in [4.69, 9.17) is 8.83 Å². The van der Waals surface area contributed by atoms with E-state index >= 15 is 0 Å². The van der Waals surface area contributed by atoms with Gasteiger partial charge in [0, 0.05) is 22.3 Å². The Morgan fingerprint density at radius 2 is 0.789 bits per heavy atom. The zero-order valence-electron chi connectivity index (χ0n) is 20.1. The van der Waals surface area contributed by atoms with Crippen LogP contribution in [-0.2, 0) is 20.2 Å². The van der Waals surface area contributed by atoms with Crippen LogP contribution in [0, 0.1) is 0 Å². The minimum atomic E-state index is -4.53. The molecule has 0 bridgehead atoms. The van der Waals surface area contributed by atoms with Crippen molar-refractivity contribution in [3.63, 3.8) is 0 Å². The van der Waals surface area contributed by atoms with E-state index in [2.05, 4.69) is 9.97 Å². The molecule has 0 spiro atoms. The molecule has 3 aromatic carbocycles. The average Bonchev–Trinajstić information content (AvgIpc) is 3.54. The summed E-state index contributed by atoms with van der Waals surface area (Å²) in [6.07, 6.45) is 2.99. The Labute approximate surface area is 262 Å². The molecule has 5 rings (SSSR count). The summed E-state index contributed by atoms with van der Waals surface area (Å²) in [5.74, 6) is 1.46. The molecule has 0 atom stereocenters. The zero-order valence-corrected chi connectivity index (χ0v) is 25.7. The molecule has 38 heavy (non-hydrogen) atoms. The molecular weight excluding hydrogens is 554 g/mol. The molecule has 2 aromatic heterocycles. The summed E-state index contributed by atoms with van der Waals surface area (Å²) in [5.41, 5.74) is 2.46. The van der Waals surface area contributed by atoms with E-state index in [1.165, 1.54) is 60.9 Å². The smallest absolute Gasteiger partial charge is 0.744 e. The molecule has 0 aliphatic rings. The molecule has 0 aliphatic carbocycles. The fourth-order valence-corrected chi connectivity index (χ4v) is 4.35. The second-order valence-electron chi connectivity index (χ2n) is 7.59. The Morgan fingerprint density at radius 1 is 0.500 bits per heavy atom. The molecule has 0 radical (unpaired) electrons. The van der Waals surface area contributed by atoms with Crippen LogP contribution in [0.3, 0.4) is 0 Å². The van der Waals surface area contributed by atoms with Gasteiger partial charge in [-0.2, -0.15) is 0 Å². The van der Waals surface area contributed by atoms with E-state index < -0.39 is 20.2 Å². The maximum Gasteiger partial charge on any atom is 1.00 e. The third kappa shape index (κ3) is 6.72. The molecule has 0 saturated carbocycles. The van der Waals surface area contributed by atoms with Gasteiger partial charge in [0.25, 0.3) is 0 Å². The van der Waals surface area contributed by atoms with Crippen LogP contribution in [-0.4, -0.2) is 35.9 Å². The van der Waals surface area contributed by atoms with Gasteiger partial charge in [0.2, 0.25) is 11.8 Å². The van der Waals surface area contributed by atoms with Crippen molar-refractivity contribution in [2.75, 3.05) is 0 Å². The Balaban J connectivity index is 0.00000200. The summed E-state index contributed by atoms with van der Waals surface area (Å²) >= 11 is 0. The van der Waals surface area contributed by atoms with Gasteiger partial charge in [-0.1, -0.05) is 0 Å². The summed E-state index contributed by atoms with van der Waals surface area (Å²) in [5, 5.41) is 0. The van der Waals surface area contributed by atoms with E-state index in [0.717, 1.165) is 0 Å². The number of hydrogen-bond donors (Lipinski definition) is 0. The molecule has 0 aliphatic heterocycles. The van der Waals surface area contributed by atoms with Gasteiger partial charge in [-0.3, -0.25) is 0 Å². The van der Waals surface area contributed by atoms with Crippen molar-refractivity contribution >= 4 is 20.2 Å². The second kappa shape index (κ2) is 12.0. The van der Waals surface area contributed by atoms with Crippen LogP contribution in [0.15, 0.2) is 104 Å². The van der Waals surface area contributed by atoms with Crippen LogP contribution in [0.2, 0.25) is 0 Å². The topological polar surface area (TPSA) is 166 Å². The number of rotatable bonds is 6. The van der Waals surface area contributed by atoms with E-state index in [1.807, 2.05) is 0 Å². The van der Waals surface area contributed by atoms with Crippen LogP contribution < -0.4 is 59.1 Å². The van der Waals surface area contributed by atoms with Gasteiger partial charge in [-0.15, -0.1) is 0 Å². The second-order valence-corrected chi connectivity index (χ2v) is 10.4. The first-order valence-electron chi connectivity index (χ1n) is 10.2. The quantitative estimate of drug-likeness (QED) is 0.168. The number of nitrogens with zero attached hydrogens (tertiary/aromatic N) is 2. The van der Waals surface area contributed by atoms with Crippen LogP contribution >= 0.6 is 0 Å². The fraction of sp³-hybridized carbons (Fsp3) is 0. The van der Waals surface area contributed by atoms with Gasteiger partial charge in [-0.05, 0) is 72.8 Å². The molecule has 10 nitrogen and oxygen atoms in total. The maximum atomic E-state index is 11.1. The molecule has 0 amide bonds. The number of aromatic nitrogens is 2. The standard InChI is InChI=1S/C24H16N2O8S2.2Na/c27-35(28,29)19-9-5-15(6-10-19)21-13-25-23(33-21)17-1-2-18(4-3-17)24-26-14-22(34-24)16-7-11-20(12-8-16)36(30,31)32;;/h1-14H,(H,27,28,29)(H,30,31,32);;/q;2*+1/p-2. The molecule has 5 aromatic rings. The van der Waals surface area contributed by atoms with Gasteiger partial charge in [0.05, 0.1) is 22.2 Å². The summed E-state index contributed by atoms with van der Waals surface area (Å²) < 4.78 is 78.1. The fourth-order valence-electron chi connectivity index (χ4n) is 3.41. The van der Waals surface area contributed by atoms with Crippen molar-refractivity contribution in [2.24, 2.45) is 0 Å². The third-order valence-corrected chi connectivity index (χ3v) is 6.94. The minimum absolute atomic E-state index is 0. The van der Waals surface area contributed by atoms with Crippen molar-refractivity contribution in [2.45, 2.75) is 9.79 Å². The molecule has 0 saturated heterocycles. The van der Waals surface area contributed by atoms with Gasteiger partial charge < -0.3 is 17.9 Å². The molecule has 0 unspecified atom stereocenters. The van der Waals surface area contributed by atoms with Gasteiger partial charge in [0.1, 0.15) is 20.2 Å². The Morgan fingerprint density at radius 3 is 1.08 bits per heavy atom. The van der Waals surface area contributed by atoms with Gasteiger partial charge in [-0.25, -0.2) is 26.8 Å². The first-order chi connectivity index (χ1) is 17.1. The van der Waals surface area contributed by atoms with E-state index in [9.17, 15) is 25.9 Å². The third-order valence-electron chi connectivity index (χ3n) is 5.25. The SMILES string of the molecule is O=S(=O)([O-])c1ccc(-c2cnc(-c3ccc(-c4ncc(-c5ccc(S(=O)(=O)[O-])cc5)o4)cc3)o2)cc1.[Na+].[Na+]. The van der Waals surface area contributed by atoms with E-state index in [0.29, 0.717) is 45.6 Å². The van der Waals surface area contributed by atoms with Crippen molar-refractivity contribution < 1.29 is 93.9 Å². The number of oxazole rings is 2. The van der Waals surface area contributed by atoms with Gasteiger partial charge in [0.15, 0.2) is 11.5 Å². The van der Waals surface area contributed by atoms with Crippen molar-refractivity contribution in [3.05, 3.63) is 85.2 Å². The predicted molar refractivity (Wildman–Crippen MR) is 124 cm³/mol. The van der Waals surface area contributed by atoms with E-state index in [1.54, 1.807) is 24.3 Å². The normalized spacial score (nSPS) is 11.4. The summed E-state index contributed by atoms with van der Waals surface area (Å²) in [7, 11) is -9.06. The van der Waals surface area contributed by atoms with Crippen LogP contribution in [0.4, 0.5) is 0 Å². The number of benzene rings is 3. The van der Waals surface area contributed by atoms with Crippen molar-refractivity contribution in [1.82, 2.24) is 9.97 Å². The molecule has 0 fully saturated rings.